The molecule has 0 spiro atoms. The highest BCUT2D eigenvalue weighted by Crippen LogP contribution is 1.93. The van der Waals surface area contributed by atoms with Gasteiger partial charge in [0, 0.05) is 5.70 Å². The van der Waals surface area contributed by atoms with Gasteiger partial charge in [0.1, 0.15) is 6.73 Å². The first-order valence-corrected chi connectivity index (χ1v) is 2.82. The van der Waals surface area contributed by atoms with Crippen molar-refractivity contribution in [2.75, 3.05) is 6.73 Å². The molecule has 0 aromatic carbocycles. The van der Waals surface area contributed by atoms with Crippen LogP contribution in [0.25, 0.3) is 0 Å². The molecule has 3 N–H and O–H groups in total. The maximum atomic E-state index is 8.31. The van der Waals surface area contributed by atoms with E-state index in [0.29, 0.717) is 6.42 Å². The lowest BCUT2D eigenvalue weighted by Crippen LogP contribution is -2.12. The summed E-state index contributed by atoms with van der Waals surface area (Å²) in [7, 11) is 0. The monoisotopic (exact) mass is 128 g/mol. The highest BCUT2D eigenvalue weighted by atomic mass is 16.3. The molecule has 9 heavy (non-hydrogen) atoms. The molecule has 0 aliphatic carbocycles. The van der Waals surface area contributed by atoms with Gasteiger partial charge >= 0.3 is 0 Å². The number of hydrogen-bond acceptors (Lipinski definition) is 3. The molecule has 0 aromatic rings. The van der Waals surface area contributed by atoms with Crippen LogP contribution >= 0.6 is 0 Å². The van der Waals surface area contributed by atoms with Crippen LogP contribution in [0.2, 0.25) is 0 Å². The average molecular weight is 128 g/mol. The lowest BCUT2D eigenvalue weighted by Gasteiger charge is -2.02. The van der Waals surface area contributed by atoms with Gasteiger partial charge in [-0.15, -0.1) is 0 Å². The smallest absolute Gasteiger partial charge is 0.113 e. The molecule has 0 rings (SSSR count). The van der Waals surface area contributed by atoms with Crippen molar-refractivity contribution in [3.05, 3.63) is 12.3 Å². The topological polar surface area (TPSA) is 56.1 Å². The molecule has 0 fully saturated rings. The Balaban J connectivity index is 3.16. The second kappa shape index (κ2) is 5.31. The quantitative estimate of drug-likeness (QED) is 0.372. The Bertz CT molecular complexity index is 101. The third kappa shape index (κ3) is 5.03. The van der Waals surface area contributed by atoms with Crippen LogP contribution in [0.5, 0.6) is 0 Å². The zero-order chi connectivity index (χ0) is 7.11. The molecule has 0 aromatic heterocycles. The summed E-state index contributed by atoms with van der Waals surface area (Å²) in [6.45, 7) is 3.53. The van der Waals surface area contributed by atoms with E-state index >= 15 is 0 Å². The molecular weight excluding hydrogens is 116 g/mol. The van der Waals surface area contributed by atoms with Crippen molar-refractivity contribution in [2.24, 2.45) is 0 Å². The van der Waals surface area contributed by atoms with E-state index in [4.69, 9.17) is 10.5 Å². The van der Waals surface area contributed by atoms with Crippen LogP contribution in [0.1, 0.15) is 12.8 Å². The van der Waals surface area contributed by atoms with E-state index < -0.39 is 0 Å². The first kappa shape index (κ1) is 8.17. The molecule has 0 heterocycles. The molecule has 0 bridgehead atoms. The van der Waals surface area contributed by atoms with Gasteiger partial charge in [-0.3, -0.25) is 0 Å². The third-order valence-corrected chi connectivity index (χ3v) is 0.920. The van der Waals surface area contributed by atoms with E-state index in [1.54, 1.807) is 0 Å². The standard InChI is InChI=1S/C6H12N2O/c1-6(8-5-9)3-2-4-7/h4,7-9H,1-3,5H2. The highest BCUT2D eigenvalue weighted by molar-refractivity contribution is 5.53. The Morgan fingerprint density at radius 3 is 2.89 bits per heavy atom. The Kier molecular flexibility index (Phi) is 4.82. The summed E-state index contributed by atoms with van der Waals surface area (Å²) in [4.78, 5) is 0. The molecule has 0 saturated heterocycles. The number of hydrogen-bond donors (Lipinski definition) is 3. The van der Waals surface area contributed by atoms with Gasteiger partial charge in [0.05, 0.1) is 0 Å². The van der Waals surface area contributed by atoms with Gasteiger partial charge in [0.25, 0.3) is 0 Å². The van der Waals surface area contributed by atoms with Crippen molar-refractivity contribution in [1.29, 1.82) is 5.41 Å². The molecule has 0 aliphatic rings. The number of aliphatic hydroxyl groups is 1. The van der Waals surface area contributed by atoms with E-state index in [2.05, 4.69) is 11.9 Å². The van der Waals surface area contributed by atoms with Gasteiger partial charge in [-0.05, 0) is 19.1 Å². The average Bonchev–Trinajstić information content (AvgIpc) is 1.85. The summed E-state index contributed by atoms with van der Waals surface area (Å²) >= 11 is 0. The lowest BCUT2D eigenvalue weighted by molar-refractivity contribution is 0.273. The van der Waals surface area contributed by atoms with Gasteiger partial charge in [-0.25, -0.2) is 0 Å². The predicted octanol–water partition coefficient (Wildman–Crippen LogP) is 0.469. The summed E-state index contributed by atoms with van der Waals surface area (Å²) in [5.74, 6) is 0. The number of aliphatic hydroxyl groups excluding tert-OH is 1. The molecule has 0 radical (unpaired) electrons. The zero-order valence-electron chi connectivity index (χ0n) is 5.35. The molecule has 0 unspecified atom stereocenters. The molecular formula is C6H12N2O. The van der Waals surface area contributed by atoms with Crippen LogP contribution in [0, 0.1) is 5.41 Å². The molecule has 3 heteroatoms. The van der Waals surface area contributed by atoms with Crippen molar-refractivity contribution in [2.45, 2.75) is 12.8 Å². The summed E-state index contributed by atoms with van der Waals surface area (Å²) < 4.78 is 0. The largest absolute Gasteiger partial charge is 0.377 e. The van der Waals surface area contributed by atoms with Crippen molar-refractivity contribution in [1.82, 2.24) is 5.32 Å². The van der Waals surface area contributed by atoms with E-state index in [1.165, 1.54) is 6.21 Å². The van der Waals surface area contributed by atoms with Crippen LogP contribution in [0.3, 0.4) is 0 Å². The van der Waals surface area contributed by atoms with Gasteiger partial charge in [0.15, 0.2) is 0 Å². The van der Waals surface area contributed by atoms with Crippen LogP contribution < -0.4 is 5.32 Å². The summed E-state index contributed by atoms with van der Waals surface area (Å²) in [5.41, 5.74) is 0.779. The molecule has 52 valence electrons. The minimum Gasteiger partial charge on any atom is -0.377 e. The fraction of sp³-hybridized carbons (Fsp3) is 0.500. The van der Waals surface area contributed by atoms with E-state index in [-0.39, 0.29) is 6.73 Å². The van der Waals surface area contributed by atoms with Crippen molar-refractivity contribution >= 4 is 6.21 Å². The highest BCUT2D eigenvalue weighted by Gasteiger charge is 1.87. The Morgan fingerprint density at radius 1 is 1.78 bits per heavy atom. The van der Waals surface area contributed by atoms with Crippen LogP contribution in [-0.2, 0) is 0 Å². The first-order chi connectivity index (χ1) is 4.31. The second-order valence-corrected chi connectivity index (χ2v) is 1.68. The fourth-order valence-electron chi connectivity index (χ4n) is 0.447. The van der Waals surface area contributed by atoms with E-state index in [1.807, 2.05) is 0 Å². The fourth-order valence-corrected chi connectivity index (χ4v) is 0.447. The minimum absolute atomic E-state index is 0.0726. The number of allylic oxidation sites excluding steroid dienone is 1. The summed E-state index contributed by atoms with van der Waals surface area (Å²) in [6.07, 6.45) is 2.74. The van der Waals surface area contributed by atoms with Crippen LogP contribution in [0.15, 0.2) is 12.3 Å². The lowest BCUT2D eigenvalue weighted by atomic mass is 10.3. The minimum atomic E-state index is -0.0726. The summed E-state index contributed by atoms with van der Waals surface area (Å²) in [6, 6.07) is 0. The van der Waals surface area contributed by atoms with Crippen LogP contribution in [-0.4, -0.2) is 18.1 Å². The van der Waals surface area contributed by atoms with E-state index in [9.17, 15) is 0 Å². The van der Waals surface area contributed by atoms with Gasteiger partial charge in [0.2, 0.25) is 0 Å². The van der Waals surface area contributed by atoms with Crippen molar-refractivity contribution in [3.8, 4) is 0 Å². The third-order valence-electron chi connectivity index (χ3n) is 0.920. The second-order valence-electron chi connectivity index (χ2n) is 1.68. The normalized spacial score (nSPS) is 8.56. The SMILES string of the molecule is C=C(CCC=N)NCO. The van der Waals surface area contributed by atoms with E-state index in [0.717, 1.165) is 12.1 Å². The molecule has 0 amide bonds. The predicted molar refractivity (Wildman–Crippen MR) is 37.4 cm³/mol. The molecule has 0 aliphatic heterocycles. The Labute approximate surface area is 54.9 Å². The van der Waals surface area contributed by atoms with Crippen molar-refractivity contribution in [3.63, 3.8) is 0 Å². The number of nitrogens with one attached hydrogen (secondary N) is 2. The summed E-state index contributed by atoms with van der Waals surface area (Å²) in [5, 5.41) is 17.6. The molecule has 0 saturated carbocycles. The number of rotatable bonds is 5. The Morgan fingerprint density at radius 2 is 2.44 bits per heavy atom. The van der Waals surface area contributed by atoms with Gasteiger partial charge in [-0.1, -0.05) is 6.58 Å². The maximum Gasteiger partial charge on any atom is 0.113 e. The maximum absolute atomic E-state index is 8.31. The molecule has 0 atom stereocenters. The first-order valence-electron chi connectivity index (χ1n) is 2.82. The van der Waals surface area contributed by atoms with Crippen molar-refractivity contribution < 1.29 is 5.11 Å². The van der Waals surface area contributed by atoms with Gasteiger partial charge < -0.3 is 15.8 Å². The van der Waals surface area contributed by atoms with Gasteiger partial charge in [-0.2, -0.15) is 0 Å². The van der Waals surface area contributed by atoms with Crippen LogP contribution in [0.4, 0.5) is 0 Å². The molecule has 3 nitrogen and oxygen atoms in total. The zero-order valence-corrected chi connectivity index (χ0v) is 5.35. The Hall–Kier alpha value is -0.830.